The Morgan fingerprint density at radius 3 is 1.33 bits per heavy atom. The van der Waals surface area contributed by atoms with Crippen LogP contribution in [0.4, 0.5) is 0 Å². The third-order valence-corrected chi connectivity index (χ3v) is 48.0. The van der Waals surface area contributed by atoms with Crippen molar-refractivity contribution < 1.29 is 0 Å². The minimum absolute atomic E-state index is 1.09. The molecule has 0 bridgehead atoms. The van der Waals surface area contributed by atoms with Gasteiger partial charge in [0, 0.05) is 0 Å². The summed E-state index contributed by atoms with van der Waals surface area (Å²) in [5, 5.41) is 0. The summed E-state index contributed by atoms with van der Waals surface area (Å²) in [6, 6.07) is 0. The monoisotopic (exact) mass is 678 g/mol. The van der Waals surface area contributed by atoms with Crippen molar-refractivity contribution in [2.45, 2.75) is 25.7 Å². The molecule has 40 rings (SSSR count). The van der Waals surface area contributed by atoms with Gasteiger partial charge >= 0.3 is 0 Å². The summed E-state index contributed by atoms with van der Waals surface area (Å²) in [5.74, 6) is 31.0. The Balaban J connectivity index is 0.859. The van der Waals surface area contributed by atoms with E-state index in [2.05, 4.69) is 0 Å². The zero-order valence-corrected chi connectivity index (χ0v) is 29.5. The molecule has 0 aliphatic heterocycles. The zero-order valence-electron chi connectivity index (χ0n) is 29.5. The van der Waals surface area contributed by atoms with E-state index in [1.807, 2.05) is 25.7 Å². The van der Waals surface area contributed by atoms with Crippen molar-refractivity contribution in [3.05, 3.63) is 0 Å². The second-order valence-electron chi connectivity index (χ2n) is 35.5. The molecule has 0 saturated heterocycles. The van der Waals surface area contributed by atoms with E-state index < -0.39 is 0 Å². The lowest BCUT2D eigenvalue weighted by atomic mass is 8.31. The molecular formula is C54H30. The van der Waals surface area contributed by atoms with Crippen molar-refractivity contribution in [3.63, 3.8) is 0 Å². The lowest BCUT2D eigenvalue weighted by Gasteiger charge is -3.71. The van der Waals surface area contributed by atoms with Crippen LogP contribution in [0.5, 0.6) is 0 Å². The number of rotatable bonds is 0. The summed E-state index contributed by atoms with van der Waals surface area (Å²) in [7, 11) is 0. The maximum Gasteiger partial charge on any atom is -0.0000483 e. The first kappa shape index (κ1) is 17.5. The van der Waals surface area contributed by atoms with Gasteiger partial charge in [-0.05, 0) is 307 Å². The molecule has 40 fully saturated rings. The standard InChI is InChI=1S/C54H30/c1-5-13-20-22-18-11-3-9-16-21-17-10-4-12-19-24-23-15-8-2-7-14-6(1)27-25(5)31(13)38(20)40(22)36(18)29(9,11)34(16)39(21)35(17)30(10,12)37(19)42(24)41(23)33(15)28(7,8)32(14)26(27)43-44(27,31)48(38)51(40)46(34,36)50(39)47(35,37)52(42)49(41,45(32,33)43)53(43,48)54(50,51)52/h5-26H,1-4H2. The second kappa shape index (κ2) is 2.53. The van der Waals surface area contributed by atoms with Crippen molar-refractivity contribution in [3.8, 4) is 0 Å². The van der Waals surface area contributed by atoms with Crippen LogP contribution in [0.15, 0.2) is 0 Å². The molecule has 0 amide bonds. The Hall–Kier alpha value is 0. The van der Waals surface area contributed by atoms with E-state index in [-0.39, 0.29) is 0 Å². The molecule has 40 aliphatic carbocycles. The number of hydrogen-bond donors (Lipinski definition) is 0. The fourth-order valence-electron chi connectivity index (χ4n) is 62.2. The maximum atomic E-state index is 1.93. The molecule has 246 valence electrons. The van der Waals surface area contributed by atoms with Crippen molar-refractivity contribution in [2.24, 2.45) is 282 Å². The topological polar surface area (TPSA) is 0 Å². The lowest BCUT2D eigenvalue weighted by molar-refractivity contribution is -1.27. The van der Waals surface area contributed by atoms with Gasteiger partial charge in [0.05, 0.1) is 0 Å². The van der Waals surface area contributed by atoms with Crippen LogP contribution in [0.2, 0.25) is 0 Å². The highest BCUT2D eigenvalue weighted by atomic mass is 15.8. The zero-order chi connectivity index (χ0) is 29.5. The summed E-state index contributed by atoms with van der Waals surface area (Å²) in [4.78, 5) is 0. The van der Waals surface area contributed by atoms with Gasteiger partial charge < -0.3 is 0 Å². The van der Waals surface area contributed by atoms with Gasteiger partial charge in [0.15, 0.2) is 0 Å². The normalized spacial score (nSPS) is 145. The first-order chi connectivity index (χ1) is 26.9. The van der Waals surface area contributed by atoms with Crippen molar-refractivity contribution in [2.75, 3.05) is 0 Å². The SMILES string of the molecule is C1C2C3C4C5C6C7CC8C9C%10C%11C%12CC%13C%14C%15C%16C%17C%18CC%19C%20C1C1%21C2C32C43C54C65C87C96C%107C%118C%12%13C%149C%15%10C%16%11C%17%12C%19%18C%20%13C1C1%14C%212C32C43C65C74C89C%105C%11(C%13%121)C%142C435. The Morgan fingerprint density at radius 2 is 0.685 bits per heavy atom. The molecule has 54 heavy (non-hydrogen) atoms. The molecular weight excluding hydrogens is 649 g/mol. The number of fused-ring (bicyclic) bond motifs is 16. The van der Waals surface area contributed by atoms with E-state index in [9.17, 15) is 0 Å². The average molecular weight is 679 g/mol. The predicted molar refractivity (Wildman–Crippen MR) is 163 cm³/mol. The molecule has 0 aromatic carbocycles. The van der Waals surface area contributed by atoms with E-state index in [0.717, 1.165) is 152 Å². The van der Waals surface area contributed by atoms with Crippen LogP contribution in [0.3, 0.4) is 0 Å². The largest absolute Gasteiger partial charge is 0.0461 e. The molecule has 0 heteroatoms. The quantitative estimate of drug-likeness (QED) is 0.360. The highest BCUT2D eigenvalue weighted by Gasteiger charge is 3.74. The van der Waals surface area contributed by atoms with Crippen LogP contribution in [0, 0.1) is 282 Å². The Bertz CT molecular complexity index is 3750. The fourth-order valence-corrected chi connectivity index (χ4v) is 62.2. The van der Waals surface area contributed by atoms with Gasteiger partial charge in [-0.3, -0.25) is 0 Å². The summed E-state index contributed by atoms with van der Waals surface area (Å²) in [6.07, 6.45) is 7.54. The highest BCUT2D eigenvalue weighted by molar-refractivity contribution is 6.18. The molecule has 0 aromatic heterocycles. The summed E-state index contributed by atoms with van der Waals surface area (Å²) in [5.41, 5.74) is 31.8. The van der Waals surface area contributed by atoms with Crippen LogP contribution >= 0.6 is 0 Å². The van der Waals surface area contributed by atoms with Gasteiger partial charge in [-0.1, -0.05) is 0 Å². The second-order valence-corrected chi connectivity index (χ2v) is 35.5. The third-order valence-electron chi connectivity index (χ3n) is 48.0. The molecule has 50 atom stereocenters. The van der Waals surface area contributed by atoms with E-state index in [4.69, 9.17) is 0 Å². The molecule has 50 unspecified atom stereocenters. The summed E-state index contributed by atoms with van der Waals surface area (Å²) >= 11 is 0. The fraction of sp³-hybridized carbons (Fsp3) is 1.00. The minimum atomic E-state index is 1.09. The average Bonchev–Trinajstić information content (AvgIpc) is 3.37. The summed E-state index contributed by atoms with van der Waals surface area (Å²) < 4.78 is 0. The smallest absolute Gasteiger partial charge is 0.0000483 e. The summed E-state index contributed by atoms with van der Waals surface area (Å²) in [6.45, 7) is 0. The molecule has 0 radical (unpaired) electrons. The van der Waals surface area contributed by atoms with Crippen molar-refractivity contribution >= 4 is 0 Å². The molecule has 40 aliphatic rings. The van der Waals surface area contributed by atoms with Crippen LogP contribution in [0.25, 0.3) is 0 Å². The highest BCUT2D eigenvalue weighted by Crippen LogP contribution is 3.75. The molecule has 0 nitrogen and oxygen atoms in total. The lowest BCUT2D eigenvalue weighted by Crippen LogP contribution is -3.70. The Morgan fingerprint density at radius 1 is 0.241 bits per heavy atom. The molecule has 40 saturated carbocycles. The van der Waals surface area contributed by atoms with Crippen molar-refractivity contribution in [1.29, 1.82) is 0 Å². The number of hydrogen-bond acceptors (Lipinski definition) is 0. The minimum Gasteiger partial charge on any atom is -0.0461 e. The van der Waals surface area contributed by atoms with Crippen LogP contribution in [-0.4, -0.2) is 0 Å². The Kier molecular flexibility index (Phi) is 0.822. The van der Waals surface area contributed by atoms with E-state index in [0.29, 0.717) is 0 Å². The van der Waals surface area contributed by atoms with Crippen LogP contribution in [-0.2, 0) is 0 Å². The van der Waals surface area contributed by atoms with Crippen molar-refractivity contribution in [1.82, 2.24) is 0 Å². The predicted octanol–water partition coefficient (Wildman–Crippen LogP) is 4.27. The van der Waals surface area contributed by atoms with E-state index in [1.165, 1.54) is 130 Å². The van der Waals surface area contributed by atoms with E-state index >= 15 is 0 Å². The van der Waals surface area contributed by atoms with E-state index in [1.54, 1.807) is 0 Å². The third kappa shape index (κ3) is 0.347. The van der Waals surface area contributed by atoms with Gasteiger partial charge in [0.25, 0.3) is 0 Å². The van der Waals surface area contributed by atoms with Gasteiger partial charge in [-0.2, -0.15) is 0 Å². The molecule has 0 N–H and O–H groups in total. The molecule has 0 aromatic rings. The van der Waals surface area contributed by atoms with Gasteiger partial charge in [-0.25, -0.2) is 0 Å². The molecule has 0 heterocycles. The first-order valence-electron chi connectivity index (χ1n) is 26.9. The van der Waals surface area contributed by atoms with Gasteiger partial charge in [-0.15, -0.1) is 0 Å². The molecule has 28 spiro atoms. The maximum absolute atomic E-state index is 1.93. The first-order valence-corrected chi connectivity index (χ1v) is 26.9. The van der Waals surface area contributed by atoms with Gasteiger partial charge in [0.1, 0.15) is 0 Å². The van der Waals surface area contributed by atoms with Crippen LogP contribution in [0.1, 0.15) is 25.7 Å². The Labute approximate surface area is 306 Å². The van der Waals surface area contributed by atoms with Gasteiger partial charge in [0.2, 0.25) is 0 Å². The van der Waals surface area contributed by atoms with Crippen LogP contribution < -0.4 is 0 Å².